The summed E-state index contributed by atoms with van der Waals surface area (Å²) in [7, 11) is 0. The van der Waals surface area contributed by atoms with Crippen LogP contribution in [0, 0.1) is 0 Å². The molecule has 190 valence electrons. The van der Waals surface area contributed by atoms with Crippen molar-refractivity contribution in [3.63, 3.8) is 0 Å². The van der Waals surface area contributed by atoms with Gasteiger partial charge in [-0.2, -0.15) is 9.97 Å². The van der Waals surface area contributed by atoms with Crippen LogP contribution in [0.3, 0.4) is 0 Å². The number of imidazole rings is 1. The van der Waals surface area contributed by atoms with Crippen LogP contribution in [0.4, 0.5) is 11.8 Å². The fourth-order valence-electron chi connectivity index (χ4n) is 4.27. The molecule has 2 fully saturated rings. The van der Waals surface area contributed by atoms with Crippen LogP contribution in [0.25, 0.3) is 11.2 Å². The number of anilines is 2. The largest absolute Gasteiger partial charge is 0.463 e. The van der Waals surface area contributed by atoms with Crippen molar-refractivity contribution in [2.45, 2.75) is 64.6 Å². The number of nitrogens with one attached hydrogen (secondary N) is 1. The molecule has 0 aliphatic carbocycles. The Kier molecular flexibility index (Phi) is 7.31. The Bertz CT molecular complexity index is 1100. The molecule has 4 atom stereocenters. The number of nitrogen functional groups attached to an aromatic ring is 1. The van der Waals surface area contributed by atoms with E-state index in [0.717, 1.165) is 25.9 Å². The monoisotopic (exact) mass is 491 g/mol. The van der Waals surface area contributed by atoms with E-state index in [9.17, 15) is 14.4 Å². The van der Waals surface area contributed by atoms with Crippen LogP contribution in [0.1, 0.15) is 46.3 Å². The lowest BCUT2D eigenvalue weighted by Gasteiger charge is -2.27. The van der Waals surface area contributed by atoms with Crippen LogP contribution in [-0.4, -0.2) is 80.4 Å². The molecule has 0 bridgehead atoms. The van der Waals surface area contributed by atoms with Crippen molar-refractivity contribution < 1.29 is 33.3 Å². The highest BCUT2D eigenvalue weighted by atomic mass is 16.7. The number of aromatic nitrogens is 4. The van der Waals surface area contributed by atoms with Crippen LogP contribution >= 0.6 is 0 Å². The number of esters is 3. The lowest BCUT2D eigenvalue weighted by molar-refractivity contribution is -0.166. The van der Waals surface area contributed by atoms with E-state index in [0.29, 0.717) is 17.0 Å². The van der Waals surface area contributed by atoms with Crippen molar-refractivity contribution in [3.05, 3.63) is 6.33 Å². The van der Waals surface area contributed by atoms with Gasteiger partial charge in [-0.05, 0) is 12.8 Å². The smallest absolute Gasteiger partial charge is 0.303 e. The summed E-state index contributed by atoms with van der Waals surface area (Å²) in [6.45, 7) is 5.20. The van der Waals surface area contributed by atoms with Crippen LogP contribution in [0.2, 0.25) is 0 Å². The SMILES string of the molecule is CC(=O)OC[C@H]1O[C@@H](n2cnc3c(NN4CCCCC4)nc(N)nc32)[C@H](OC(C)=O)[C@@H]1OC(C)=O. The number of fused-ring (bicyclic) bond motifs is 1. The molecular formula is C21H29N7O7. The van der Waals surface area contributed by atoms with Crippen molar-refractivity contribution in [2.75, 3.05) is 30.9 Å². The van der Waals surface area contributed by atoms with Gasteiger partial charge in [0.25, 0.3) is 0 Å². The highest BCUT2D eigenvalue weighted by Gasteiger charge is 2.51. The predicted octanol–water partition coefficient (Wildman–Crippen LogP) is 0.545. The number of nitrogens with two attached hydrogens (primary N) is 1. The number of hydrogen-bond acceptors (Lipinski definition) is 13. The Balaban J connectivity index is 1.70. The van der Waals surface area contributed by atoms with Gasteiger partial charge >= 0.3 is 17.9 Å². The van der Waals surface area contributed by atoms with E-state index >= 15 is 0 Å². The molecule has 0 aromatic carbocycles. The maximum absolute atomic E-state index is 11.9. The molecule has 2 aromatic rings. The van der Waals surface area contributed by atoms with Crippen LogP contribution in [0.5, 0.6) is 0 Å². The molecule has 4 rings (SSSR count). The van der Waals surface area contributed by atoms with Gasteiger partial charge in [0.1, 0.15) is 12.7 Å². The fourth-order valence-corrected chi connectivity index (χ4v) is 4.27. The van der Waals surface area contributed by atoms with Crippen molar-refractivity contribution in [1.29, 1.82) is 0 Å². The second-order valence-electron chi connectivity index (χ2n) is 8.43. The second-order valence-corrected chi connectivity index (χ2v) is 8.43. The molecule has 14 heteroatoms. The Morgan fingerprint density at radius 2 is 1.74 bits per heavy atom. The summed E-state index contributed by atoms with van der Waals surface area (Å²) in [5.41, 5.74) is 10.0. The number of hydrazine groups is 1. The maximum atomic E-state index is 11.9. The average molecular weight is 492 g/mol. The summed E-state index contributed by atoms with van der Waals surface area (Å²) in [4.78, 5) is 48.2. The standard InChI is InChI=1S/C21H29N7O7/c1-11(29)32-9-14-16(33-12(2)30)17(34-13(3)31)20(35-14)28-10-23-15-18(24-21(22)25-19(15)28)26-27-7-5-4-6-8-27/h10,14,16-17,20H,4-9H2,1-3H3,(H3,22,24,25,26)/t14-,16-,17-,20-/m1/s1. The van der Waals surface area contributed by atoms with Gasteiger partial charge in [-0.25, -0.2) is 9.99 Å². The molecule has 4 heterocycles. The van der Waals surface area contributed by atoms with Crippen LogP contribution in [0.15, 0.2) is 6.33 Å². The second kappa shape index (κ2) is 10.4. The van der Waals surface area contributed by atoms with Gasteiger partial charge in [0.05, 0.1) is 6.33 Å². The van der Waals surface area contributed by atoms with E-state index in [1.165, 1.54) is 38.1 Å². The van der Waals surface area contributed by atoms with E-state index in [-0.39, 0.29) is 12.6 Å². The number of nitrogens with zero attached hydrogens (tertiary/aromatic N) is 5. The van der Waals surface area contributed by atoms with E-state index in [2.05, 4.69) is 20.4 Å². The van der Waals surface area contributed by atoms with Gasteiger partial charge in [0.15, 0.2) is 35.4 Å². The normalized spacial score (nSPS) is 24.8. The molecule has 2 aromatic heterocycles. The Hall–Kier alpha value is -3.52. The average Bonchev–Trinajstić information content (AvgIpc) is 3.34. The molecule has 3 N–H and O–H groups in total. The molecule has 0 unspecified atom stereocenters. The highest BCUT2D eigenvalue weighted by Crippen LogP contribution is 2.36. The summed E-state index contributed by atoms with van der Waals surface area (Å²) in [6.07, 6.45) is 0.750. The summed E-state index contributed by atoms with van der Waals surface area (Å²) >= 11 is 0. The predicted molar refractivity (Wildman–Crippen MR) is 120 cm³/mol. The quantitative estimate of drug-likeness (QED) is 0.406. The lowest BCUT2D eigenvalue weighted by Crippen LogP contribution is -2.40. The van der Waals surface area contributed by atoms with Crippen LogP contribution in [-0.2, 0) is 33.3 Å². The zero-order valence-corrected chi connectivity index (χ0v) is 19.8. The number of carbonyl (C=O) groups is 3. The summed E-state index contributed by atoms with van der Waals surface area (Å²) in [5.74, 6) is -1.32. The molecule has 0 radical (unpaired) electrons. The number of hydrogen-bond donors (Lipinski definition) is 2. The molecule has 2 aliphatic heterocycles. The van der Waals surface area contributed by atoms with Gasteiger partial charge < -0.3 is 30.1 Å². The minimum Gasteiger partial charge on any atom is -0.463 e. The maximum Gasteiger partial charge on any atom is 0.303 e. The van der Waals surface area contributed by atoms with Crippen LogP contribution < -0.4 is 11.2 Å². The molecular weight excluding hydrogens is 462 g/mol. The summed E-state index contributed by atoms with van der Waals surface area (Å²) in [5, 5.41) is 2.04. The van der Waals surface area contributed by atoms with E-state index in [1.807, 2.05) is 5.01 Å². The first-order valence-corrected chi connectivity index (χ1v) is 11.4. The Labute approximate surface area is 201 Å². The van der Waals surface area contributed by atoms with Gasteiger partial charge in [-0.15, -0.1) is 0 Å². The topological polar surface area (TPSA) is 173 Å². The number of ether oxygens (including phenoxy) is 4. The molecule has 0 spiro atoms. The molecule has 35 heavy (non-hydrogen) atoms. The molecule has 14 nitrogen and oxygen atoms in total. The molecule has 2 aliphatic rings. The van der Waals surface area contributed by atoms with E-state index in [1.54, 1.807) is 0 Å². The van der Waals surface area contributed by atoms with E-state index in [4.69, 9.17) is 24.7 Å². The van der Waals surface area contributed by atoms with Crippen molar-refractivity contribution in [1.82, 2.24) is 24.5 Å². The van der Waals surface area contributed by atoms with Gasteiger partial charge in [0, 0.05) is 33.9 Å². The number of piperidine rings is 1. The molecule has 2 saturated heterocycles. The summed E-state index contributed by atoms with van der Waals surface area (Å²) < 4.78 is 23.6. The first-order chi connectivity index (χ1) is 16.7. The first kappa shape index (κ1) is 24.6. The van der Waals surface area contributed by atoms with Crippen molar-refractivity contribution >= 4 is 40.8 Å². The Morgan fingerprint density at radius 3 is 2.40 bits per heavy atom. The number of rotatable bonds is 7. The van der Waals surface area contributed by atoms with Gasteiger partial charge in [-0.3, -0.25) is 19.0 Å². The zero-order valence-electron chi connectivity index (χ0n) is 19.8. The molecule has 0 amide bonds. The summed E-state index contributed by atoms with van der Waals surface area (Å²) in [6, 6.07) is 0. The highest BCUT2D eigenvalue weighted by molar-refractivity contribution is 5.84. The van der Waals surface area contributed by atoms with Crippen molar-refractivity contribution in [3.8, 4) is 0 Å². The zero-order chi connectivity index (χ0) is 25.1. The third-order valence-corrected chi connectivity index (χ3v) is 5.67. The van der Waals surface area contributed by atoms with Gasteiger partial charge in [0.2, 0.25) is 5.95 Å². The van der Waals surface area contributed by atoms with Crippen molar-refractivity contribution in [2.24, 2.45) is 0 Å². The Morgan fingerprint density at radius 1 is 1.06 bits per heavy atom. The number of carbonyl (C=O) groups excluding carboxylic acids is 3. The van der Waals surface area contributed by atoms with Gasteiger partial charge in [-0.1, -0.05) is 6.42 Å². The minimum atomic E-state index is -1.07. The fraction of sp³-hybridized carbons (Fsp3) is 0.619. The minimum absolute atomic E-state index is 0.00814. The molecule has 0 saturated carbocycles. The first-order valence-electron chi connectivity index (χ1n) is 11.4. The lowest BCUT2D eigenvalue weighted by atomic mass is 10.1. The van der Waals surface area contributed by atoms with E-state index < -0.39 is 42.4 Å². The third kappa shape index (κ3) is 5.59. The third-order valence-electron chi connectivity index (χ3n) is 5.67.